The molecule has 1 aliphatic heterocycles. The van der Waals surface area contributed by atoms with Crippen LogP contribution in [-0.2, 0) is 16.1 Å². The molecule has 0 bridgehead atoms. The SMILES string of the molecule is CC(C)COC(=O)n1cnc2ncc(-c3ccc4c(c3)CNCCO4)cc21.O=C(O)C(F)(F)F. The Morgan fingerprint density at radius 3 is 2.65 bits per heavy atom. The van der Waals surface area contributed by atoms with Crippen LogP contribution in [-0.4, -0.2) is 57.6 Å². The van der Waals surface area contributed by atoms with Gasteiger partial charge in [0.1, 0.15) is 18.7 Å². The van der Waals surface area contributed by atoms with Gasteiger partial charge in [-0.15, -0.1) is 0 Å². The van der Waals surface area contributed by atoms with E-state index in [1.807, 2.05) is 32.0 Å². The molecule has 3 heterocycles. The van der Waals surface area contributed by atoms with Crippen LogP contribution in [0.4, 0.5) is 18.0 Å². The van der Waals surface area contributed by atoms with Gasteiger partial charge in [0.15, 0.2) is 5.65 Å². The predicted molar refractivity (Wildman–Crippen MR) is 115 cm³/mol. The monoisotopic (exact) mass is 480 g/mol. The average molecular weight is 480 g/mol. The number of carbonyl (C=O) groups excluding carboxylic acids is 1. The summed E-state index contributed by atoms with van der Waals surface area (Å²) in [5.41, 5.74) is 4.17. The first-order valence-corrected chi connectivity index (χ1v) is 10.3. The lowest BCUT2D eigenvalue weighted by molar-refractivity contribution is -0.192. The number of fused-ring (bicyclic) bond motifs is 2. The largest absolute Gasteiger partial charge is 0.492 e. The maximum atomic E-state index is 12.3. The molecule has 0 fully saturated rings. The summed E-state index contributed by atoms with van der Waals surface area (Å²) in [6.07, 6.45) is -2.30. The minimum atomic E-state index is -5.08. The molecule has 1 aliphatic rings. The van der Waals surface area contributed by atoms with Crippen molar-refractivity contribution in [3.8, 4) is 16.9 Å². The predicted octanol–water partition coefficient (Wildman–Crippen LogP) is 3.85. The topological polar surface area (TPSA) is 116 Å². The molecular formula is C22H23F3N4O5. The minimum Gasteiger partial charge on any atom is -0.492 e. The standard InChI is InChI=1S/C20H22N4O3.C2HF3O2/c1-13(2)11-27-20(25)24-12-23-19-17(24)8-15(10-22-19)14-3-4-18-16(7-14)9-21-5-6-26-18;3-2(4,5)1(6)7/h3-4,7-8,10,12-13,21H,5-6,9,11H2,1-2H3;(H,6,7). The van der Waals surface area contributed by atoms with Crippen molar-refractivity contribution in [3.05, 3.63) is 42.4 Å². The molecule has 0 saturated heterocycles. The number of ether oxygens (including phenoxy) is 2. The highest BCUT2D eigenvalue weighted by Crippen LogP contribution is 2.29. The Bertz CT molecular complexity index is 1180. The molecule has 4 rings (SSSR count). The average Bonchev–Trinajstić information content (AvgIpc) is 3.06. The summed E-state index contributed by atoms with van der Waals surface area (Å²) in [5, 5.41) is 10.5. The first-order valence-electron chi connectivity index (χ1n) is 10.3. The second-order valence-corrected chi connectivity index (χ2v) is 7.80. The summed E-state index contributed by atoms with van der Waals surface area (Å²) in [7, 11) is 0. The molecule has 0 saturated carbocycles. The molecule has 12 heteroatoms. The van der Waals surface area contributed by atoms with Crippen LogP contribution in [0.2, 0.25) is 0 Å². The van der Waals surface area contributed by atoms with Gasteiger partial charge in [0, 0.05) is 30.4 Å². The van der Waals surface area contributed by atoms with E-state index in [1.165, 1.54) is 10.9 Å². The first kappa shape index (κ1) is 25.0. The van der Waals surface area contributed by atoms with Crippen molar-refractivity contribution in [1.29, 1.82) is 0 Å². The second-order valence-electron chi connectivity index (χ2n) is 7.80. The van der Waals surface area contributed by atoms with Gasteiger partial charge in [0.25, 0.3) is 0 Å². The number of hydrogen-bond donors (Lipinski definition) is 2. The van der Waals surface area contributed by atoms with E-state index in [9.17, 15) is 18.0 Å². The number of hydrogen-bond acceptors (Lipinski definition) is 7. The number of carbonyl (C=O) groups is 2. The number of carboxylic acid groups (broad SMARTS) is 1. The van der Waals surface area contributed by atoms with Gasteiger partial charge < -0.3 is 19.9 Å². The third-order valence-electron chi connectivity index (χ3n) is 4.63. The van der Waals surface area contributed by atoms with Crippen LogP contribution < -0.4 is 10.1 Å². The van der Waals surface area contributed by atoms with E-state index < -0.39 is 18.2 Å². The van der Waals surface area contributed by atoms with E-state index in [2.05, 4.69) is 21.4 Å². The Morgan fingerprint density at radius 2 is 1.97 bits per heavy atom. The van der Waals surface area contributed by atoms with Crippen LogP contribution >= 0.6 is 0 Å². The number of benzene rings is 1. The maximum Gasteiger partial charge on any atom is 0.490 e. The molecule has 9 nitrogen and oxygen atoms in total. The van der Waals surface area contributed by atoms with Gasteiger partial charge in [-0.1, -0.05) is 19.9 Å². The van der Waals surface area contributed by atoms with Gasteiger partial charge >= 0.3 is 18.2 Å². The van der Waals surface area contributed by atoms with E-state index >= 15 is 0 Å². The summed E-state index contributed by atoms with van der Waals surface area (Å²) in [6, 6.07) is 7.99. The number of pyridine rings is 1. The first-order chi connectivity index (χ1) is 16.1. The van der Waals surface area contributed by atoms with E-state index in [0.717, 1.165) is 35.5 Å². The van der Waals surface area contributed by atoms with Crippen molar-refractivity contribution in [3.63, 3.8) is 0 Å². The number of rotatable bonds is 3. The molecule has 1 aromatic carbocycles. The Balaban J connectivity index is 0.000000406. The molecule has 0 unspecified atom stereocenters. The van der Waals surface area contributed by atoms with Crippen LogP contribution in [0.5, 0.6) is 5.75 Å². The lowest BCUT2D eigenvalue weighted by atomic mass is 10.0. The van der Waals surface area contributed by atoms with Crippen molar-refractivity contribution >= 4 is 23.2 Å². The van der Waals surface area contributed by atoms with Gasteiger partial charge in [-0.05, 0) is 29.7 Å². The molecule has 2 N–H and O–H groups in total. The highest BCUT2D eigenvalue weighted by Gasteiger charge is 2.38. The molecule has 2 aromatic heterocycles. The van der Waals surface area contributed by atoms with Crippen LogP contribution in [0.3, 0.4) is 0 Å². The zero-order valence-corrected chi connectivity index (χ0v) is 18.4. The molecule has 0 amide bonds. The maximum absolute atomic E-state index is 12.3. The molecule has 182 valence electrons. The minimum absolute atomic E-state index is 0.271. The summed E-state index contributed by atoms with van der Waals surface area (Å²) >= 11 is 0. The molecule has 3 aromatic rings. The zero-order valence-electron chi connectivity index (χ0n) is 18.4. The van der Waals surface area contributed by atoms with E-state index in [1.54, 1.807) is 6.20 Å². The molecule has 0 spiro atoms. The van der Waals surface area contributed by atoms with Crippen molar-refractivity contribution < 1.29 is 37.3 Å². The van der Waals surface area contributed by atoms with Gasteiger partial charge in [0.05, 0.1) is 12.1 Å². The van der Waals surface area contributed by atoms with Crippen LogP contribution in [0.15, 0.2) is 36.8 Å². The van der Waals surface area contributed by atoms with Crippen molar-refractivity contribution in [2.24, 2.45) is 5.92 Å². The van der Waals surface area contributed by atoms with Crippen LogP contribution in [0.25, 0.3) is 22.3 Å². The third kappa shape index (κ3) is 6.22. The molecule has 0 atom stereocenters. The number of nitrogens with one attached hydrogen (secondary N) is 1. The quantitative estimate of drug-likeness (QED) is 0.581. The zero-order chi connectivity index (χ0) is 24.9. The lowest BCUT2D eigenvalue weighted by Gasteiger charge is -2.10. The number of aliphatic carboxylic acids is 1. The fourth-order valence-corrected chi connectivity index (χ4v) is 3.00. The number of nitrogens with zero attached hydrogens (tertiary/aromatic N) is 3. The van der Waals surface area contributed by atoms with Crippen molar-refractivity contribution in [2.75, 3.05) is 19.8 Å². The van der Waals surface area contributed by atoms with Crippen LogP contribution in [0.1, 0.15) is 19.4 Å². The van der Waals surface area contributed by atoms with E-state index in [4.69, 9.17) is 19.4 Å². The van der Waals surface area contributed by atoms with Gasteiger partial charge in [0.2, 0.25) is 0 Å². The Labute approximate surface area is 192 Å². The second kappa shape index (κ2) is 10.5. The third-order valence-corrected chi connectivity index (χ3v) is 4.63. The number of halogens is 3. The Morgan fingerprint density at radius 1 is 1.24 bits per heavy atom. The fraction of sp³-hybridized carbons (Fsp3) is 0.364. The Kier molecular flexibility index (Phi) is 7.72. The van der Waals surface area contributed by atoms with Crippen molar-refractivity contribution in [2.45, 2.75) is 26.6 Å². The molecule has 34 heavy (non-hydrogen) atoms. The van der Waals surface area contributed by atoms with Crippen molar-refractivity contribution in [1.82, 2.24) is 19.9 Å². The normalized spacial score (nSPS) is 13.4. The number of alkyl halides is 3. The van der Waals surface area contributed by atoms with E-state index in [0.29, 0.717) is 24.4 Å². The van der Waals surface area contributed by atoms with Crippen LogP contribution in [0, 0.1) is 5.92 Å². The van der Waals surface area contributed by atoms with Gasteiger partial charge in [-0.2, -0.15) is 13.2 Å². The Hall–Kier alpha value is -3.67. The smallest absolute Gasteiger partial charge is 0.490 e. The molecule has 0 aliphatic carbocycles. The summed E-state index contributed by atoms with van der Waals surface area (Å²) in [5.74, 6) is -1.58. The number of carboxylic acids is 1. The lowest BCUT2D eigenvalue weighted by Crippen LogP contribution is -2.21. The molecule has 0 radical (unpaired) electrons. The molecular weight excluding hydrogens is 457 g/mol. The summed E-state index contributed by atoms with van der Waals surface area (Å²) < 4.78 is 44.2. The van der Waals surface area contributed by atoms with Gasteiger partial charge in [-0.25, -0.2) is 24.1 Å². The number of aromatic nitrogens is 3. The van der Waals surface area contributed by atoms with E-state index in [-0.39, 0.29) is 5.92 Å². The summed E-state index contributed by atoms with van der Waals surface area (Å²) in [4.78, 5) is 29.9. The highest BCUT2D eigenvalue weighted by molar-refractivity contribution is 5.87. The fourth-order valence-electron chi connectivity index (χ4n) is 3.00. The highest BCUT2D eigenvalue weighted by atomic mass is 19.4. The number of imidazole rings is 1. The summed E-state index contributed by atoms with van der Waals surface area (Å²) in [6.45, 7) is 6.61. The van der Waals surface area contributed by atoms with Gasteiger partial charge in [-0.3, -0.25) is 0 Å².